The van der Waals surface area contributed by atoms with Gasteiger partial charge in [-0.3, -0.25) is 9.67 Å². The lowest BCUT2D eigenvalue weighted by Crippen LogP contribution is -2.20. The molecule has 0 saturated heterocycles. The topological polar surface area (TPSA) is 42.7 Å². The van der Waals surface area contributed by atoms with Crippen LogP contribution in [0, 0.1) is 0 Å². The number of nitrogens with zero attached hydrogens (tertiary/aromatic N) is 3. The minimum absolute atomic E-state index is 0.242. The fourth-order valence-corrected chi connectivity index (χ4v) is 3.01. The third kappa shape index (κ3) is 3.70. The SMILES string of the molecule is CC(NCc1ccn(C2CCCCC2)n1)c1ccccn1. The summed E-state index contributed by atoms with van der Waals surface area (Å²) < 4.78 is 2.17. The first-order valence-electron chi connectivity index (χ1n) is 8.01. The molecule has 21 heavy (non-hydrogen) atoms. The van der Waals surface area contributed by atoms with Gasteiger partial charge in [-0.15, -0.1) is 0 Å². The van der Waals surface area contributed by atoms with Crippen LogP contribution in [-0.4, -0.2) is 14.8 Å². The van der Waals surface area contributed by atoms with E-state index in [-0.39, 0.29) is 6.04 Å². The number of nitrogens with one attached hydrogen (secondary N) is 1. The summed E-state index contributed by atoms with van der Waals surface area (Å²) >= 11 is 0. The van der Waals surface area contributed by atoms with Crippen molar-refractivity contribution in [2.45, 2.75) is 57.7 Å². The summed E-state index contributed by atoms with van der Waals surface area (Å²) in [5, 5.41) is 8.23. The molecule has 2 aromatic rings. The highest BCUT2D eigenvalue weighted by Gasteiger charge is 2.16. The smallest absolute Gasteiger partial charge is 0.0762 e. The predicted molar refractivity (Wildman–Crippen MR) is 83.8 cm³/mol. The first-order valence-corrected chi connectivity index (χ1v) is 8.01. The molecule has 1 atom stereocenters. The van der Waals surface area contributed by atoms with Crippen LogP contribution in [0.4, 0.5) is 0 Å². The van der Waals surface area contributed by atoms with E-state index in [1.54, 1.807) is 0 Å². The van der Waals surface area contributed by atoms with Crippen molar-refractivity contribution in [1.29, 1.82) is 0 Å². The van der Waals surface area contributed by atoms with Crippen LogP contribution in [0.5, 0.6) is 0 Å². The van der Waals surface area contributed by atoms with E-state index in [4.69, 9.17) is 5.10 Å². The molecule has 1 aliphatic rings. The van der Waals surface area contributed by atoms with Gasteiger partial charge < -0.3 is 5.32 Å². The largest absolute Gasteiger partial charge is 0.303 e. The summed E-state index contributed by atoms with van der Waals surface area (Å²) in [7, 11) is 0. The van der Waals surface area contributed by atoms with E-state index >= 15 is 0 Å². The quantitative estimate of drug-likeness (QED) is 0.911. The molecular formula is C17H24N4. The van der Waals surface area contributed by atoms with Gasteiger partial charge in [0.2, 0.25) is 0 Å². The van der Waals surface area contributed by atoms with Gasteiger partial charge in [0.25, 0.3) is 0 Å². The Morgan fingerprint density at radius 2 is 2.10 bits per heavy atom. The summed E-state index contributed by atoms with van der Waals surface area (Å²) in [6.07, 6.45) is 10.6. The average molecular weight is 284 g/mol. The van der Waals surface area contributed by atoms with E-state index in [2.05, 4.69) is 40.2 Å². The molecule has 4 heteroatoms. The van der Waals surface area contributed by atoms with E-state index in [0.29, 0.717) is 6.04 Å². The van der Waals surface area contributed by atoms with Crippen molar-refractivity contribution in [3.05, 3.63) is 48.0 Å². The Labute approximate surface area is 126 Å². The van der Waals surface area contributed by atoms with E-state index in [9.17, 15) is 0 Å². The monoisotopic (exact) mass is 284 g/mol. The number of hydrogen-bond donors (Lipinski definition) is 1. The van der Waals surface area contributed by atoms with E-state index in [1.807, 2.05) is 18.3 Å². The van der Waals surface area contributed by atoms with Crippen LogP contribution in [0.2, 0.25) is 0 Å². The van der Waals surface area contributed by atoms with E-state index in [0.717, 1.165) is 17.9 Å². The highest BCUT2D eigenvalue weighted by Crippen LogP contribution is 2.27. The normalized spacial score (nSPS) is 17.8. The highest BCUT2D eigenvalue weighted by atomic mass is 15.3. The molecule has 1 saturated carbocycles. The Kier molecular flexibility index (Phi) is 4.65. The van der Waals surface area contributed by atoms with Crippen molar-refractivity contribution in [2.24, 2.45) is 0 Å². The predicted octanol–water partition coefficient (Wildman–Crippen LogP) is 3.63. The Balaban J connectivity index is 1.55. The molecule has 0 radical (unpaired) electrons. The number of hydrogen-bond acceptors (Lipinski definition) is 3. The fourth-order valence-electron chi connectivity index (χ4n) is 3.01. The van der Waals surface area contributed by atoms with Crippen molar-refractivity contribution < 1.29 is 0 Å². The maximum atomic E-state index is 4.73. The lowest BCUT2D eigenvalue weighted by molar-refractivity contribution is 0.327. The van der Waals surface area contributed by atoms with E-state index < -0.39 is 0 Å². The fraction of sp³-hybridized carbons (Fsp3) is 0.529. The Morgan fingerprint density at radius 3 is 2.86 bits per heavy atom. The van der Waals surface area contributed by atoms with Gasteiger partial charge in [0.1, 0.15) is 0 Å². The molecule has 0 spiro atoms. The van der Waals surface area contributed by atoms with Gasteiger partial charge >= 0.3 is 0 Å². The van der Waals surface area contributed by atoms with Gasteiger partial charge in [-0.2, -0.15) is 5.10 Å². The summed E-state index contributed by atoms with van der Waals surface area (Å²) in [5.41, 5.74) is 2.19. The molecule has 1 N–H and O–H groups in total. The van der Waals surface area contributed by atoms with Crippen molar-refractivity contribution in [2.75, 3.05) is 0 Å². The third-order valence-corrected chi connectivity index (χ3v) is 4.33. The second kappa shape index (κ2) is 6.85. The lowest BCUT2D eigenvalue weighted by Gasteiger charge is -2.21. The first kappa shape index (κ1) is 14.3. The summed E-state index contributed by atoms with van der Waals surface area (Å²) in [6.45, 7) is 2.93. The van der Waals surface area contributed by atoms with Crippen molar-refractivity contribution in [3.63, 3.8) is 0 Å². The maximum Gasteiger partial charge on any atom is 0.0762 e. The average Bonchev–Trinajstić information content (AvgIpc) is 3.03. The lowest BCUT2D eigenvalue weighted by atomic mass is 9.96. The van der Waals surface area contributed by atoms with Crippen molar-refractivity contribution in [1.82, 2.24) is 20.1 Å². The summed E-state index contributed by atoms with van der Waals surface area (Å²) in [4.78, 5) is 4.38. The minimum atomic E-state index is 0.242. The van der Waals surface area contributed by atoms with Gasteiger partial charge in [-0.25, -0.2) is 0 Å². The van der Waals surface area contributed by atoms with Gasteiger partial charge in [0.05, 0.1) is 17.4 Å². The van der Waals surface area contributed by atoms with Gasteiger partial charge in [-0.1, -0.05) is 25.3 Å². The molecule has 0 amide bonds. The molecule has 112 valence electrons. The zero-order valence-electron chi connectivity index (χ0n) is 12.7. The third-order valence-electron chi connectivity index (χ3n) is 4.33. The molecule has 4 nitrogen and oxygen atoms in total. The summed E-state index contributed by atoms with van der Waals surface area (Å²) in [5.74, 6) is 0. The van der Waals surface area contributed by atoms with Crippen molar-refractivity contribution in [3.8, 4) is 0 Å². The van der Waals surface area contributed by atoms with Gasteiger partial charge in [0.15, 0.2) is 0 Å². The van der Waals surface area contributed by atoms with Crippen LogP contribution in [0.15, 0.2) is 36.7 Å². The molecule has 1 unspecified atom stereocenters. The van der Waals surface area contributed by atoms with Crippen molar-refractivity contribution >= 4 is 0 Å². The van der Waals surface area contributed by atoms with Crippen LogP contribution in [-0.2, 0) is 6.54 Å². The van der Waals surface area contributed by atoms with Crippen LogP contribution in [0.25, 0.3) is 0 Å². The number of aromatic nitrogens is 3. The molecular weight excluding hydrogens is 260 g/mol. The minimum Gasteiger partial charge on any atom is -0.303 e. The number of pyridine rings is 1. The molecule has 1 aliphatic carbocycles. The first-order chi connectivity index (χ1) is 10.3. The maximum absolute atomic E-state index is 4.73. The standard InChI is InChI=1S/C17H24N4/c1-14(17-9-5-6-11-18-17)19-13-15-10-12-21(20-15)16-7-3-2-4-8-16/h5-6,9-12,14,16,19H,2-4,7-8,13H2,1H3. The second-order valence-corrected chi connectivity index (χ2v) is 5.94. The molecule has 1 fully saturated rings. The van der Waals surface area contributed by atoms with Gasteiger partial charge in [0, 0.05) is 25.0 Å². The Bertz CT molecular complexity index is 543. The summed E-state index contributed by atoms with van der Waals surface area (Å²) in [6, 6.07) is 9.01. The van der Waals surface area contributed by atoms with Crippen LogP contribution >= 0.6 is 0 Å². The second-order valence-electron chi connectivity index (χ2n) is 5.94. The van der Waals surface area contributed by atoms with E-state index in [1.165, 1.54) is 32.1 Å². The molecule has 2 aromatic heterocycles. The molecule has 0 aromatic carbocycles. The van der Waals surface area contributed by atoms with Gasteiger partial charge in [-0.05, 0) is 38.0 Å². The molecule has 0 aliphatic heterocycles. The Hall–Kier alpha value is -1.68. The molecule has 2 heterocycles. The highest BCUT2D eigenvalue weighted by molar-refractivity contribution is 5.08. The van der Waals surface area contributed by atoms with Crippen LogP contribution in [0.1, 0.15) is 62.5 Å². The molecule has 3 rings (SSSR count). The molecule has 0 bridgehead atoms. The number of rotatable bonds is 5. The zero-order chi connectivity index (χ0) is 14.5. The Morgan fingerprint density at radius 1 is 1.24 bits per heavy atom. The van der Waals surface area contributed by atoms with Crippen LogP contribution in [0.3, 0.4) is 0 Å². The zero-order valence-corrected chi connectivity index (χ0v) is 12.7. The van der Waals surface area contributed by atoms with Crippen LogP contribution < -0.4 is 5.32 Å².